The monoisotopic (exact) mass is 273 g/mol. The molecule has 2 bridgehead atoms. The van der Waals surface area contributed by atoms with Gasteiger partial charge in [0.05, 0.1) is 6.54 Å². The molecule has 1 aromatic rings. The smallest absolute Gasteiger partial charge is 0.238 e. The molecule has 20 heavy (non-hydrogen) atoms. The standard InChI is InChI=1S/C16H23N3O/c1-12-3-2-4-14(9-12)18-16(20)11-19-8-7-13-5-6-15(10-19)17-13/h2-4,9,13,15,17H,5-8,10-11H2,1H3,(H,18,20). The Hall–Kier alpha value is -1.39. The number of carbonyl (C=O) groups is 1. The SMILES string of the molecule is Cc1cccc(NC(=O)CN2CCC3CCC(C2)N3)c1. The van der Waals surface area contributed by atoms with Gasteiger partial charge in [-0.1, -0.05) is 12.1 Å². The van der Waals surface area contributed by atoms with Crippen LogP contribution >= 0.6 is 0 Å². The summed E-state index contributed by atoms with van der Waals surface area (Å²) in [6.07, 6.45) is 3.71. The molecule has 2 N–H and O–H groups in total. The van der Waals surface area contributed by atoms with E-state index < -0.39 is 0 Å². The number of anilines is 1. The van der Waals surface area contributed by atoms with Crippen molar-refractivity contribution in [2.75, 3.05) is 25.0 Å². The summed E-state index contributed by atoms with van der Waals surface area (Å²) >= 11 is 0. The number of carbonyl (C=O) groups excluding carboxylic acids is 1. The third-order valence-corrected chi connectivity index (χ3v) is 4.28. The van der Waals surface area contributed by atoms with Crippen molar-refractivity contribution in [2.24, 2.45) is 0 Å². The summed E-state index contributed by atoms with van der Waals surface area (Å²) in [7, 11) is 0. The van der Waals surface area contributed by atoms with Gasteiger partial charge in [-0.25, -0.2) is 0 Å². The number of benzene rings is 1. The summed E-state index contributed by atoms with van der Waals surface area (Å²) in [5, 5.41) is 6.63. The maximum absolute atomic E-state index is 12.1. The molecule has 2 atom stereocenters. The Morgan fingerprint density at radius 3 is 3.05 bits per heavy atom. The Morgan fingerprint density at radius 1 is 1.35 bits per heavy atom. The van der Waals surface area contributed by atoms with Crippen LogP contribution in [0.2, 0.25) is 0 Å². The lowest BCUT2D eigenvalue weighted by atomic mass is 10.1. The van der Waals surface area contributed by atoms with Crippen LogP contribution in [0, 0.1) is 6.92 Å². The third kappa shape index (κ3) is 3.38. The van der Waals surface area contributed by atoms with Gasteiger partial charge in [0.15, 0.2) is 0 Å². The highest BCUT2D eigenvalue weighted by atomic mass is 16.2. The molecular weight excluding hydrogens is 250 g/mol. The molecular formula is C16H23N3O. The Balaban J connectivity index is 1.53. The van der Waals surface area contributed by atoms with E-state index in [0.717, 1.165) is 25.2 Å². The second kappa shape index (κ2) is 5.94. The molecule has 0 radical (unpaired) electrons. The van der Waals surface area contributed by atoms with Crippen molar-refractivity contribution < 1.29 is 4.79 Å². The van der Waals surface area contributed by atoms with Gasteiger partial charge in [-0.2, -0.15) is 0 Å². The molecule has 4 heteroatoms. The van der Waals surface area contributed by atoms with Gasteiger partial charge >= 0.3 is 0 Å². The van der Waals surface area contributed by atoms with Crippen LogP contribution in [0.25, 0.3) is 0 Å². The fourth-order valence-corrected chi connectivity index (χ4v) is 3.29. The molecule has 1 amide bonds. The number of nitrogens with one attached hydrogen (secondary N) is 2. The molecule has 2 aliphatic rings. The predicted molar refractivity (Wildman–Crippen MR) is 80.8 cm³/mol. The molecule has 1 aromatic carbocycles. The second-order valence-corrected chi connectivity index (χ2v) is 6.08. The molecule has 0 saturated carbocycles. The number of hydrogen-bond acceptors (Lipinski definition) is 3. The van der Waals surface area contributed by atoms with Crippen LogP contribution in [0.5, 0.6) is 0 Å². The van der Waals surface area contributed by atoms with E-state index in [2.05, 4.69) is 15.5 Å². The number of nitrogens with zero attached hydrogens (tertiary/aromatic N) is 1. The van der Waals surface area contributed by atoms with E-state index in [1.807, 2.05) is 31.2 Å². The summed E-state index contributed by atoms with van der Waals surface area (Å²) in [5.41, 5.74) is 2.06. The molecule has 0 aromatic heterocycles. The molecule has 0 aliphatic carbocycles. The molecule has 4 nitrogen and oxygen atoms in total. The van der Waals surface area contributed by atoms with Gasteiger partial charge < -0.3 is 10.6 Å². The van der Waals surface area contributed by atoms with Crippen molar-refractivity contribution in [3.8, 4) is 0 Å². The van der Waals surface area contributed by atoms with Crippen LogP contribution in [0.4, 0.5) is 5.69 Å². The molecule has 3 rings (SSSR count). The highest BCUT2D eigenvalue weighted by Gasteiger charge is 2.29. The zero-order chi connectivity index (χ0) is 13.9. The summed E-state index contributed by atoms with van der Waals surface area (Å²) in [4.78, 5) is 14.4. The fraction of sp³-hybridized carbons (Fsp3) is 0.562. The lowest BCUT2D eigenvalue weighted by Gasteiger charge is -2.23. The maximum atomic E-state index is 12.1. The third-order valence-electron chi connectivity index (χ3n) is 4.28. The summed E-state index contributed by atoms with van der Waals surface area (Å²) in [6, 6.07) is 9.20. The summed E-state index contributed by atoms with van der Waals surface area (Å²) in [6.45, 7) is 4.55. The van der Waals surface area contributed by atoms with E-state index in [1.54, 1.807) is 0 Å². The number of amides is 1. The zero-order valence-corrected chi connectivity index (χ0v) is 12.1. The molecule has 108 valence electrons. The quantitative estimate of drug-likeness (QED) is 0.882. The first-order chi connectivity index (χ1) is 9.69. The Bertz CT molecular complexity index is 488. The zero-order valence-electron chi connectivity index (χ0n) is 12.1. The van der Waals surface area contributed by atoms with Crippen molar-refractivity contribution in [3.63, 3.8) is 0 Å². The number of fused-ring (bicyclic) bond motifs is 2. The largest absolute Gasteiger partial charge is 0.325 e. The first-order valence-electron chi connectivity index (χ1n) is 7.54. The van der Waals surface area contributed by atoms with E-state index in [-0.39, 0.29) is 5.91 Å². The topological polar surface area (TPSA) is 44.4 Å². The van der Waals surface area contributed by atoms with Gasteiger partial charge in [0.25, 0.3) is 0 Å². The molecule has 0 spiro atoms. The van der Waals surface area contributed by atoms with Gasteiger partial charge in [-0.05, 0) is 43.9 Å². The molecule has 2 aliphatic heterocycles. The van der Waals surface area contributed by atoms with E-state index in [9.17, 15) is 4.79 Å². The van der Waals surface area contributed by atoms with Gasteiger partial charge in [-0.15, -0.1) is 0 Å². The highest BCUT2D eigenvalue weighted by molar-refractivity contribution is 5.92. The van der Waals surface area contributed by atoms with E-state index >= 15 is 0 Å². The van der Waals surface area contributed by atoms with Crippen LogP contribution < -0.4 is 10.6 Å². The van der Waals surface area contributed by atoms with Crippen molar-refractivity contribution >= 4 is 11.6 Å². The lowest BCUT2D eigenvalue weighted by molar-refractivity contribution is -0.117. The van der Waals surface area contributed by atoms with Gasteiger partial charge in [-0.3, -0.25) is 9.69 Å². The Kier molecular flexibility index (Phi) is 4.03. The average Bonchev–Trinajstić information content (AvgIpc) is 2.73. The number of aryl methyl sites for hydroxylation is 1. The second-order valence-electron chi connectivity index (χ2n) is 6.08. The normalized spacial score (nSPS) is 26.2. The van der Waals surface area contributed by atoms with Crippen LogP contribution in [0.3, 0.4) is 0 Å². The van der Waals surface area contributed by atoms with Crippen molar-refractivity contribution in [1.29, 1.82) is 0 Å². The first-order valence-corrected chi connectivity index (χ1v) is 7.54. The first kappa shape index (κ1) is 13.6. The van der Waals surface area contributed by atoms with Crippen LogP contribution in [-0.4, -0.2) is 42.5 Å². The minimum absolute atomic E-state index is 0.0911. The molecule has 2 saturated heterocycles. The number of rotatable bonds is 3. The summed E-state index contributed by atoms with van der Waals surface area (Å²) < 4.78 is 0. The van der Waals surface area contributed by atoms with Crippen LogP contribution in [-0.2, 0) is 4.79 Å². The van der Waals surface area contributed by atoms with E-state index in [1.165, 1.54) is 18.4 Å². The van der Waals surface area contributed by atoms with Crippen molar-refractivity contribution in [1.82, 2.24) is 10.2 Å². The van der Waals surface area contributed by atoms with E-state index in [4.69, 9.17) is 0 Å². The predicted octanol–water partition coefficient (Wildman–Crippen LogP) is 1.76. The van der Waals surface area contributed by atoms with Crippen molar-refractivity contribution in [2.45, 2.75) is 38.3 Å². The fourth-order valence-electron chi connectivity index (χ4n) is 3.29. The van der Waals surface area contributed by atoms with Crippen molar-refractivity contribution in [3.05, 3.63) is 29.8 Å². The maximum Gasteiger partial charge on any atom is 0.238 e. The van der Waals surface area contributed by atoms with Gasteiger partial charge in [0.2, 0.25) is 5.91 Å². The molecule has 2 heterocycles. The van der Waals surface area contributed by atoms with Crippen LogP contribution in [0.1, 0.15) is 24.8 Å². The Morgan fingerprint density at radius 2 is 2.20 bits per heavy atom. The van der Waals surface area contributed by atoms with Gasteiger partial charge in [0.1, 0.15) is 0 Å². The highest BCUT2D eigenvalue weighted by Crippen LogP contribution is 2.20. The number of likely N-dealkylation sites (tertiary alicyclic amines) is 1. The van der Waals surface area contributed by atoms with Crippen LogP contribution in [0.15, 0.2) is 24.3 Å². The molecule has 2 fully saturated rings. The number of hydrogen-bond donors (Lipinski definition) is 2. The minimum Gasteiger partial charge on any atom is -0.325 e. The summed E-state index contributed by atoms with van der Waals surface area (Å²) in [5.74, 6) is 0.0911. The Labute approximate surface area is 120 Å². The molecule has 2 unspecified atom stereocenters. The van der Waals surface area contributed by atoms with E-state index in [0.29, 0.717) is 18.6 Å². The minimum atomic E-state index is 0.0911. The van der Waals surface area contributed by atoms with Gasteiger partial charge in [0, 0.05) is 30.9 Å². The lowest BCUT2D eigenvalue weighted by Crippen LogP contribution is -2.39. The average molecular weight is 273 g/mol.